The van der Waals surface area contributed by atoms with Crippen molar-refractivity contribution in [2.45, 2.75) is 53.1 Å². The molecule has 1 atom stereocenters. The first kappa shape index (κ1) is 15.6. The Morgan fingerprint density at radius 2 is 2.20 bits per heavy atom. The van der Waals surface area contributed by atoms with E-state index in [2.05, 4.69) is 37.1 Å². The largest absolute Gasteiger partial charge is 0.468 e. The first-order chi connectivity index (χ1) is 9.70. The zero-order valence-electron chi connectivity index (χ0n) is 13.3. The van der Waals surface area contributed by atoms with Crippen molar-refractivity contribution in [3.63, 3.8) is 0 Å². The maximum atomic E-state index is 5.61. The van der Waals surface area contributed by atoms with Gasteiger partial charge in [-0.3, -0.25) is 4.90 Å². The molecule has 1 unspecified atom stereocenters. The highest BCUT2D eigenvalue weighted by Crippen LogP contribution is 2.25. The summed E-state index contributed by atoms with van der Waals surface area (Å²) < 4.78 is 5.61. The Hall–Kier alpha value is -0.800. The highest BCUT2D eigenvalue weighted by molar-refractivity contribution is 5.16. The van der Waals surface area contributed by atoms with Gasteiger partial charge in [0.25, 0.3) is 0 Å². The average molecular weight is 278 g/mol. The van der Waals surface area contributed by atoms with Crippen LogP contribution < -0.4 is 5.32 Å². The van der Waals surface area contributed by atoms with E-state index in [1.165, 1.54) is 37.9 Å². The van der Waals surface area contributed by atoms with Crippen molar-refractivity contribution in [3.05, 3.63) is 23.7 Å². The minimum absolute atomic E-state index is 0.827. The number of rotatable bonds is 6. The van der Waals surface area contributed by atoms with E-state index >= 15 is 0 Å². The lowest BCUT2D eigenvalue weighted by Crippen LogP contribution is -2.25. The van der Waals surface area contributed by atoms with Crippen LogP contribution in [0.4, 0.5) is 0 Å². The number of hydrogen-bond donors (Lipinski definition) is 1. The Kier molecular flexibility index (Phi) is 6.11. The van der Waals surface area contributed by atoms with Crippen LogP contribution in [0, 0.1) is 11.8 Å². The van der Waals surface area contributed by atoms with Gasteiger partial charge in [0.15, 0.2) is 0 Å². The number of furan rings is 1. The van der Waals surface area contributed by atoms with E-state index in [0.717, 1.165) is 37.2 Å². The zero-order valence-corrected chi connectivity index (χ0v) is 13.3. The van der Waals surface area contributed by atoms with Gasteiger partial charge >= 0.3 is 0 Å². The molecule has 0 aliphatic carbocycles. The Bertz CT molecular complexity index is 386. The second-order valence-corrected chi connectivity index (χ2v) is 6.36. The summed E-state index contributed by atoms with van der Waals surface area (Å²) in [6.45, 7) is 12.2. The summed E-state index contributed by atoms with van der Waals surface area (Å²) in [7, 11) is 0. The fourth-order valence-corrected chi connectivity index (χ4v) is 3.15. The molecule has 114 valence electrons. The molecule has 0 bridgehead atoms. The molecule has 0 saturated carbocycles. The van der Waals surface area contributed by atoms with Crippen LogP contribution in [0.5, 0.6) is 0 Å². The summed E-state index contributed by atoms with van der Waals surface area (Å²) in [4.78, 5) is 2.60. The molecule has 1 aliphatic rings. The molecule has 0 radical (unpaired) electrons. The first-order valence-corrected chi connectivity index (χ1v) is 8.19. The summed E-state index contributed by atoms with van der Waals surface area (Å²) in [6, 6.07) is 2.14. The van der Waals surface area contributed by atoms with Crippen LogP contribution >= 0.6 is 0 Å². The van der Waals surface area contributed by atoms with Gasteiger partial charge in [-0.15, -0.1) is 0 Å². The van der Waals surface area contributed by atoms with E-state index in [-0.39, 0.29) is 0 Å². The molecule has 1 aromatic rings. The van der Waals surface area contributed by atoms with Crippen molar-refractivity contribution >= 4 is 0 Å². The quantitative estimate of drug-likeness (QED) is 0.861. The minimum Gasteiger partial charge on any atom is -0.468 e. The summed E-state index contributed by atoms with van der Waals surface area (Å²) in [6.07, 6.45) is 5.90. The predicted molar refractivity (Wildman–Crippen MR) is 83.5 cm³/mol. The minimum atomic E-state index is 0.827. The Morgan fingerprint density at radius 1 is 1.35 bits per heavy atom. The van der Waals surface area contributed by atoms with E-state index in [0.29, 0.717) is 0 Å². The standard InChI is InChI=1S/C17H30N2O/c1-4-18-12-17-16(8-11-20-17)13-19-9-5-6-15(7-10-19)14(2)3/h8,11,14-15,18H,4-7,9-10,12-13H2,1-3H3. The summed E-state index contributed by atoms with van der Waals surface area (Å²) >= 11 is 0. The van der Waals surface area contributed by atoms with Gasteiger partial charge in [0.1, 0.15) is 5.76 Å². The van der Waals surface area contributed by atoms with Gasteiger partial charge in [0.2, 0.25) is 0 Å². The number of hydrogen-bond acceptors (Lipinski definition) is 3. The van der Waals surface area contributed by atoms with E-state index in [4.69, 9.17) is 4.42 Å². The lowest BCUT2D eigenvalue weighted by molar-refractivity contribution is 0.262. The fourth-order valence-electron chi connectivity index (χ4n) is 3.15. The maximum Gasteiger partial charge on any atom is 0.122 e. The van der Waals surface area contributed by atoms with Crippen LogP contribution in [-0.4, -0.2) is 24.5 Å². The lowest BCUT2D eigenvalue weighted by Gasteiger charge is -2.21. The molecule has 20 heavy (non-hydrogen) atoms. The van der Waals surface area contributed by atoms with Crippen molar-refractivity contribution in [1.82, 2.24) is 10.2 Å². The third kappa shape index (κ3) is 4.35. The van der Waals surface area contributed by atoms with Crippen molar-refractivity contribution < 1.29 is 4.42 Å². The summed E-state index contributed by atoms with van der Waals surface area (Å²) in [5.41, 5.74) is 1.36. The normalized spacial score (nSPS) is 21.3. The van der Waals surface area contributed by atoms with Gasteiger partial charge in [0, 0.05) is 12.1 Å². The lowest BCUT2D eigenvalue weighted by atomic mass is 9.89. The third-order valence-electron chi connectivity index (χ3n) is 4.58. The molecule has 0 amide bonds. The molecule has 3 heteroatoms. The van der Waals surface area contributed by atoms with Crippen molar-refractivity contribution in [2.24, 2.45) is 11.8 Å². The summed E-state index contributed by atoms with van der Waals surface area (Å²) in [5, 5.41) is 3.35. The van der Waals surface area contributed by atoms with E-state index in [1.807, 2.05) is 6.26 Å². The second-order valence-electron chi connectivity index (χ2n) is 6.36. The van der Waals surface area contributed by atoms with Crippen molar-refractivity contribution in [3.8, 4) is 0 Å². The number of nitrogens with one attached hydrogen (secondary N) is 1. The van der Waals surface area contributed by atoms with Crippen molar-refractivity contribution in [1.29, 1.82) is 0 Å². The van der Waals surface area contributed by atoms with Crippen LogP contribution in [0.3, 0.4) is 0 Å². The highest BCUT2D eigenvalue weighted by atomic mass is 16.3. The second kappa shape index (κ2) is 7.84. The van der Waals surface area contributed by atoms with Crippen LogP contribution in [0.2, 0.25) is 0 Å². The van der Waals surface area contributed by atoms with Gasteiger partial charge in [-0.25, -0.2) is 0 Å². The average Bonchev–Trinajstić information content (AvgIpc) is 2.71. The van der Waals surface area contributed by atoms with Gasteiger partial charge in [0.05, 0.1) is 12.8 Å². The number of likely N-dealkylation sites (tertiary alicyclic amines) is 1. The molecule has 2 rings (SSSR count). The smallest absolute Gasteiger partial charge is 0.122 e. The Balaban J connectivity index is 1.88. The molecule has 0 aromatic carbocycles. The molecular weight excluding hydrogens is 248 g/mol. The molecule has 1 saturated heterocycles. The SMILES string of the molecule is CCNCc1occc1CN1CCCC(C(C)C)CC1. The summed E-state index contributed by atoms with van der Waals surface area (Å²) in [5.74, 6) is 2.84. The van der Waals surface area contributed by atoms with Crippen LogP contribution in [0.1, 0.15) is 51.4 Å². The van der Waals surface area contributed by atoms with Gasteiger partial charge in [-0.1, -0.05) is 20.8 Å². The first-order valence-electron chi connectivity index (χ1n) is 8.19. The van der Waals surface area contributed by atoms with Crippen molar-refractivity contribution in [2.75, 3.05) is 19.6 Å². The van der Waals surface area contributed by atoms with Gasteiger partial charge in [-0.2, -0.15) is 0 Å². The molecule has 1 fully saturated rings. The van der Waals surface area contributed by atoms with Gasteiger partial charge in [-0.05, 0) is 56.8 Å². The molecule has 3 nitrogen and oxygen atoms in total. The highest BCUT2D eigenvalue weighted by Gasteiger charge is 2.20. The molecule has 1 aliphatic heterocycles. The molecule has 2 heterocycles. The molecule has 1 aromatic heterocycles. The van der Waals surface area contributed by atoms with E-state index in [9.17, 15) is 0 Å². The molecular formula is C17H30N2O. The number of nitrogens with zero attached hydrogens (tertiary/aromatic N) is 1. The van der Waals surface area contributed by atoms with Crippen LogP contribution in [0.25, 0.3) is 0 Å². The van der Waals surface area contributed by atoms with E-state index in [1.54, 1.807) is 0 Å². The van der Waals surface area contributed by atoms with E-state index < -0.39 is 0 Å². The van der Waals surface area contributed by atoms with Crippen LogP contribution in [0.15, 0.2) is 16.7 Å². The fraction of sp³-hybridized carbons (Fsp3) is 0.765. The third-order valence-corrected chi connectivity index (χ3v) is 4.58. The maximum absolute atomic E-state index is 5.61. The Morgan fingerprint density at radius 3 is 2.95 bits per heavy atom. The predicted octanol–water partition coefficient (Wildman–Crippen LogP) is 3.65. The monoisotopic (exact) mass is 278 g/mol. The Labute approximate surface area is 123 Å². The van der Waals surface area contributed by atoms with Crippen LogP contribution in [-0.2, 0) is 13.1 Å². The molecule has 0 spiro atoms. The van der Waals surface area contributed by atoms with Gasteiger partial charge < -0.3 is 9.73 Å². The topological polar surface area (TPSA) is 28.4 Å². The zero-order chi connectivity index (χ0) is 14.4. The molecule has 1 N–H and O–H groups in total.